The van der Waals surface area contributed by atoms with Gasteiger partial charge in [-0.3, -0.25) is 0 Å². The molecular weight excluding hydrogens is 209 g/mol. The molecule has 0 unspecified atom stereocenters. The molecule has 0 bridgehead atoms. The molecule has 0 aliphatic heterocycles. The molecule has 2 N–H and O–H groups in total. The van der Waals surface area contributed by atoms with E-state index in [0.29, 0.717) is 6.54 Å². The topological polar surface area (TPSA) is 49.3 Å². The lowest BCUT2D eigenvalue weighted by Gasteiger charge is -2.19. The van der Waals surface area contributed by atoms with Crippen molar-refractivity contribution in [1.82, 2.24) is 5.32 Å². The Kier molecular flexibility index (Phi) is 4.43. The van der Waals surface area contributed by atoms with Crippen molar-refractivity contribution in [3.8, 4) is 0 Å². The van der Waals surface area contributed by atoms with Crippen LogP contribution in [0.3, 0.4) is 0 Å². The molecule has 0 saturated carbocycles. The van der Waals surface area contributed by atoms with Gasteiger partial charge in [-0.2, -0.15) is 0 Å². The fraction of sp³-hybridized carbons (Fsp3) is 0.417. The average Bonchev–Trinajstić information content (AvgIpc) is 2.30. The second-order valence-electron chi connectivity index (χ2n) is 3.71. The maximum atomic E-state index is 13.7. The number of aliphatic carboxylic acids is 1. The number of carboxylic acid groups (broad SMARTS) is 1. The Balaban J connectivity index is 2.43. The van der Waals surface area contributed by atoms with Gasteiger partial charge in [-0.25, -0.2) is 9.18 Å². The molecule has 0 saturated heterocycles. The van der Waals surface area contributed by atoms with Gasteiger partial charge in [0.2, 0.25) is 5.67 Å². The minimum absolute atomic E-state index is 0.0376. The number of hydrogen-bond donors (Lipinski definition) is 2. The summed E-state index contributed by atoms with van der Waals surface area (Å²) in [6, 6.07) is 9.47. The number of carboxylic acids is 1. The number of rotatable bonds is 6. The number of halogens is 1. The number of alkyl halides is 1. The Morgan fingerprint density at radius 2 is 2.06 bits per heavy atom. The Labute approximate surface area is 94.3 Å². The third kappa shape index (κ3) is 3.31. The molecule has 1 aromatic rings. The first-order valence-electron chi connectivity index (χ1n) is 5.25. The van der Waals surface area contributed by atoms with Crippen LogP contribution in [0, 0.1) is 0 Å². The Hall–Kier alpha value is -1.42. The van der Waals surface area contributed by atoms with Crippen LogP contribution in [0.2, 0.25) is 0 Å². The molecule has 16 heavy (non-hydrogen) atoms. The summed E-state index contributed by atoms with van der Waals surface area (Å²) < 4.78 is 13.7. The summed E-state index contributed by atoms with van der Waals surface area (Å²) >= 11 is 0. The molecule has 88 valence electrons. The van der Waals surface area contributed by atoms with Gasteiger partial charge in [0.25, 0.3) is 0 Å². The van der Waals surface area contributed by atoms with Crippen molar-refractivity contribution in [2.24, 2.45) is 0 Å². The van der Waals surface area contributed by atoms with Gasteiger partial charge in [0.05, 0.1) is 0 Å². The molecule has 0 aliphatic rings. The molecule has 1 aromatic carbocycles. The highest BCUT2D eigenvalue weighted by Crippen LogP contribution is 2.15. The molecule has 0 spiro atoms. The van der Waals surface area contributed by atoms with E-state index in [-0.39, 0.29) is 13.0 Å². The van der Waals surface area contributed by atoms with Crippen LogP contribution in [0.25, 0.3) is 0 Å². The van der Waals surface area contributed by atoms with Crippen LogP contribution in [0.4, 0.5) is 4.39 Å². The number of benzene rings is 1. The SMILES string of the molecule is CC[C@](F)(CNCc1ccccc1)C(=O)O. The third-order valence-corrected chi connectivity index (χ3v) is 2.52. The van der Waals surface area contributed by atoms with Crippen LogP contribution in [-0.4, -0.2) is 23.3 Å². The normalized spacial score (nSPS) is 14.4. The van der Waals surface area contributed by atoms with Gasteiger partial charge < -0.3 is 10.4 Å². The summed E-state index contributed by atoms with van der Waals surface area (Å²) in [5, 5.41) is 11.5. The lowest BCUT2D eigenvalue weighted by atomic mass is 10.0. The molecule has 1 atom stereocenters. The van der Waals surface area contributed by atoms with Crippen LogP contribution in [0.1, 0.15) is 18.9 Å². The number of nitrogens with one attached hydrogen (secondary N) is 1. The minimum atomic E-state index is -2.17. The zero-order valence-corrected chi connectivity index (χ0v) is 9.24. The summed E-state index contributed by atoms with van der Waals surface area (Å²) in [5.74, 6) is -1.41. The highest BCUT2D eigenvalue weighted by Gasteiger charge is 2.36. The van der Waals surface area contributed by atoms with Gasteiger partial charge in [-0.15, -0.1) is 0 Å². The second kappa shape index (κ2) is 5.61. The van der Waals surface area contributed by atoms with Gasteiger partial charge >= 0.3 is 5.97 Å². The summed E-state index contributed by atoms with van der Waals surface area (Å²) in [6.45, 7) is 1.83. The van der Waals surface area contributed by atoms with E-state index in [9.17, 15) is 9.18 Å². The zero-order chi connectivity index (χ0) is 12.0. The predicted octanol–water partition coefficient (Wildman–Crippen LogP) is 1.98. The standard InChI is InChI=1S/C12H16FNO2/c1-2-12(13,11(15)16)9-14-8-10-6-4-3-5-7-10/h3-7,14H,2,8-9H2,1H3,(H,15,16)/t12-/m0/s1. The Bertz CT molecular complexity index is 342. The Morgan fingerprint density at radius 3 is 2.56 bits per heavy atom. The quantitative estimate of drug-likeness (QED) is 0.778. The van der Waals surface area contributed by atoms with Crippen molar-refractivity contribution >= 4 is 5.97 Å². The van der Waals surface area contributed by atoms with E-state index in [0.717, 1.165) is 5.56 Å². The van der Waals surface area contributed by atoms with Gasteiger partial charge in [-0.1, -0.05) is 37.3 Å². The van der Waals surface area contributed by atoms with Crippen LogP contribution >= 0.6 is 0 Å². The molecule has 0 fully saturated rings. The first kappa shape index (κ1) is 12.6. The Morgan fingerprint density at radius 1 is 1.44 bits per heavy atom. The molecule has 0 amide bonds. The van der Waals surface area contributed by atoms with E-state index in [1.165, 1.54) is 6.92 Å². The molecular formula is C12H16FNO2. The molecule has 1 rings (SSSR count). The second-order valence-corrected chi connectivity index (χ2v) is 3.71. The van der Waals surface area contributed by atoms with Crippen LogP contribution in [0.15, 0.2) is 30.3 Å². The van der Waals surface area contributed by atoms with E-state index in [1.54, 1.807) is 0 Å². The van der Waals surface area contributed by atoms with E-state index in [1.807, 2.05) is 30.3 Å². The summed E-state index contributed by atoms with van der Waals surface area (Å²) in [6.07, 6.45) is -0.0376. The largest absolute Gasteiger partial charge is 0.479 e. The van der Waals surface area contributed by atoms with E-state index < -0.39 is 11.6 Å². The summed E-state index contributed by atoms with van der Waals surface area (Å²) in [4.78, 5) is 10.7. The summed E-state index contributed by atoms with van der Waals surface area (Å²) in [7, 11) is 0. The van der Waals surface area contributed by atoms with Crippen molar-refractivity contribution in [2.75, 3.05) is 6.54 Å². The fourth-order valence-corrected chi connectivity index (χ4v) is 1.35. The first-order valence-corrected chi connectivity index (χ1v) is 5.25. The monoisotopic (exact) mass is 225 g/mol. The van der Waals surface area contributed by atoms with E-state index in [4.69, 9.17) is 5.11 Å². The molecule has 0 radical (unpaired) electrons. The zero-order valence-electron chi connectivity index (χ0n) is 9.24. The minimum Gasteiger partial charge on any atom is -0.479 e. The maximum absolute atomic E-state index is 13.7. The van der Waals surface area contributed by atoms with Gasteiger partial charge in [0, 0.05) is 13.1 Å². The van der Waals surface area contributed by atoms with Crippen molar-refractivity contribution in [2.45, 2.75) is 25.6 Å². The van der Waals surface area contributed by atoms with Crippen molar-refractivity contribution in [3.05, 3.63) is 35.9 Å². The van der Waals surface area contributed by atoms with Gasteiger partial charge in [0.1, 0.15) is 0 Å². The smallest absolute Gasteiger partial charge is 0.342 e. The van der Waals surface area contributed by atoms with E-state index in [2.05, 4.69) is 5.32 Å². The number of hydrogen-bond acceptors (Lipinski definition) is 2. The predicted molar refractivity (Wildman–Crippen MR) is 59.9 cm³/mol. The van der Waals surface area contributed by atoms with Crippen molar-refractivity contribution in [3.63, 3.8) is 0 Å². The van der Waals surface area contributed by atoms with Gasteiger partial charge in [0.15, 0.2) is 0 Å². The van der Waals surface area contributed by atoms with Crippen LogP contribution in [-0.2, 0) is 11.3 Å². The number of carbonyl (C=O) groups is 1. The third-order valence-electron chi connectivity index (χ3n) is 2.52. The van der Waals surface area contributed by atoms with E-state index >= 15 is 0 Å². The lowest BCUT2D eigenvalue weighted by molar-refractivity contribution is -0.150. The first-order chi connectivity index (χ1) is 7.58. The highest BCUT2D eigenvalue weighted by molar-refractivity contribution is 5.77. The van der Waals surface area contributed by atoms with Crippen LogP contribution < -0.4 is 5.32 Å². The van der Waals surface area contributed by atoms with Crippen molar-refractivity contribution in [1.29, 1.82) is 0 Å². The average molecular weight is 225 g/mol. The van der Waals surface area contributed by atoms with Crippen LogP contribution in [0.5, 0.6) is 0 Å². The fourth-order valence-electron chi connectivity index (χ4n) is 1.35. The molecule has 0 heterocycles. The lowest BCUT2D eigenvalue weighted by Crippen LogP contribution is -2.43. The van der Waals surface area contributed by atoms with Gasteiger partial charge in [-0.05, 0) is 12.0 Å². The molecule has 4 heteroatoms. The molecule has 0 aromatic heterocycles. The highest BCUT2D eigenvalue weighted by atomic mass is 19.1. The molecule has 3 nitrogen and oxygen atoms in total. The van der Waals surface area contributed by atoms with Crippen molar-refractivity contribution < 1.29 is 14.3 Å². The summed E-state index contributed by atoms with van der Waals surface area (Å²) in [5.41, 5.74) is -1.17. The molecule has 0 aliphatic carbocycles. The maximum Gasteiger partial charge on any atom is 0.342 e.